The molecule has 2 aliphatic rings. The van der Waals surface area contributed by atoms with E-state index in [1.807, 2.05) is 0 Å². The number of amides is 1. The largest absolute Gasteiger partial charge is 0.480 e. The van der Waals surface area contributed by atoms with Crippen LogP contribution in [0.2, 0.25) is 0 Å². The Morgan fingerprint density at radius 3 is 2.83 bits per heavy atom. The van der Waals surface area contributed by atoms with E-state index in [0.29, 0.717) is 37.9 Å². The molecule has 1 aromatic rings. The molecule has 0 bridgehead atoms. The van der Waals surface area contributed by atoms with E-state index in [1.165, 1.54) is 0 Å². The van der Waals surface area contributed by atoms with Gasteiger partial charge in [-0.2, -0.15) is 4.98 Å². The van der Waals surface area contributed by atoms with Crippen molar-refractivity contribution in [2.45, 2.75) is 56.9 Å². The first kappa shape index (κ1) is 16.9. The quantitative estimate of drug-likeness (QED) is 0.734. The van der Waals surface area contributed by atoms with Crippen molar-refractivity contribution in [2.75, 3.05) is 13.2 Å². The second-order valence-electron chi connectivity index (χ2n) is 6.53. The van der Waals surface area contributed by atoms with Crippen LogP contribution in [0, 0.1) is 5.92 Å². The zero-order chi connectivity index (χ0) is 16.9. The van der Waals surface area contributed by atoms with Gasteiger partial charge in [-0.25, -0.2) is 4.79 Å². The van der Waals surface area contributed by atoms with Gasteiger partial charge in [0, 0.05) is 31.3 Å². The van der Waals surface area contributed by atoms with Gasteiger partial charge in [0.05, 0.1) is 6.61 Å². The van der Waals surface area contributed by atoms with Gasteiger partial charge in [0.1, 0.15) is 6.04 Å². The Hall–Kier alpha value is -1.96. The molecular weight excluding hydrogens is 314 g/mol. The van der Waals surface area contributed by atoms with Gasteiger partial charge in [-0.15, -0.1) is 0 Å². The minimum Gasteiger partial charge on any atom is -0.480 e. The highest BCUT2D eigenvalue weighted by Gasteiger charge is 2.31. The average Bonchev–Trinajstić information content (AvgIpc) is 3.32. The lowest BCUT2D eigenvalue weighted by Crippen LogP contribution is -2.48. The highest BCUT2D eigenvalue weighted by atomic mass is 16.5. The first-order valence-corrected chi connectivity index (χ1v) is 8.56. The number of carbonyl (C=O) groups excluding carboxylic acids is 1. The SMILES string of the molecule is O=C(CCCc1nc(C2CC2)no1)NC(C(=O)O)C1CCCOC1. The minimum atomic E-state index is -1.01. The number of aryl methyl sites for hydroxylation is 1. The molecule has 2 N–H and O–H groups in total. The van der Waals surface area contributed by atoms with Gasteiger partial charge in [-0.05, 0) is 32.1 Å². The van der Waals surface area contributed by atoms with E-state index in [2.05, 4.69) is 15.5 Å². The lowest BCUT2D eigenvalue weighted by atomic mass is 9.93. The molecule has 2 unspecified atom stereocenters. The Kier molecular flexibility index (Phi) is 5.44. The number of aromatic nitrogens is 2. The zero-order valence-electron chi connectivity index (χ0n) is 13.6. The molecule has 2 atom stereocenters. The molecule has 1 saturated heterocycles. The van der Waals surface area contributed by atoms with Crippen LogP contribution in [0.3, 0.4) is 0 Å². The number of hydrogen-bond acceptors (Lipinski definition) is 6. The van der Waals surface area contributed by atoms with Crippen molar-refractivity contribution >= 4 is 11.9 Å². The number of aliphatic carboxylic acids is 1. The summed E-state index contributed by atoms with van der Waals surface area (Å²) in [4.78, 5) is 27.7. The number of hydrogen-bond donors (Lipinski definition) is 2. The maximum atomic E-state index is 12.0. The molecule has 8 heteroatoms. The molecule has 0 radical (unpaired) electrons. The third-order valence-corrected chi connectivity index (χ3v) is 4.47. The van der Waals surface area contributed by atoms with E-state index >= 15 is 0 Å². The van der Waals surface area contributed by atoms with Crippen LogP contribution in [0.25, 0.3) is 0 Å². The summed E-state index contributed by atoms with van der Waals surface area (Å²) in [5, 5.41) is 15.9. The van der Waals surface area contributed by atoms with Crippen LogP contribution < -0.4 is 5.32 Å². The van der Waals surface area contributed by atoms with Crippen molar-refractivity contribution in [3.63, 3.8) is 0 Å². The summed E-state index contributed by atoms with van der Waals surface area (Å²) in [6.45, 7) is 1.03. The van der Waals surface area contributed by atoms with Crippen LogP contribution in [0.5, 0.6) is 0 Å². The van der Waals surface area contributed by atoms with Crippen molar-refractivity contribution in [1.29, 1.82) is 0 Å². The number of carboxylic acids is 1. The lowest BCUT2D eigenvalue weighted by Gasteiger charge is -2.28. The zero-order valence-corrected chi connectivity index (χ0v) is 13.6. The van der Waals surface area contributed by atoms with Gasteiger partial charge in [0.15, 0.2) is 5.82 Å². The second kappa shape index (κ2) is 7.74. The van der Waals surface area contributed by atoms with Gasteiger partial charge in [0.25, 0.3) is 0 Å². The van der Waals surface area contributed by atoms with Crippen LogP contribution >= 0.6 is 0 Å². The summed E-state index contributed by atoms with van der Waals surface area (Å²) in [6.07, 6.45) is 5.11. The molecule has 2 heterocycles. The smallest absolute Gasteiger partial charge is 0.326 e. The monoisotopic (exact) mass is 337 g/mol. The van der Waals surface area contributed by atoms with Crippen molar-refractivity contribution in [2.24, 2.45) is 5.92 Å². The second-order valence-corrected chi connectivity index (χ2v) is 6.53. The standard InChI is InChI=1S/C16H23N3O5/c20-12(17-14(16(21)22)11-3-2-8-23-9-11)4-1-5-13-18-15(19-24-13)10-6-7-10/h10-11,14H,1-9H2,(H,17,20)(H,21,22). The van der Waals surface area contributed by atoms with Crippen molar-refractivity contribution in [1.82, 2.24) is 15.5 Å². The first-order valence-electron chi connectivity index (χ1n) is 8.56. The van der Waals surface area contributed by atoms with Gasteiger partial charge < -0.3 is 19.7 Å². The third kappa shape index (κ3) is 4.53. The molecule has 2 fully saturated rings. The van der Waals surface area contributed by atoms with Crippen LogP contribution in [0.15, 0.2) is 4.52 Å². The van der Waals surface area contributed by atoms with Gasteiger partial charge in [-0.1, -0.05) is 5.16 Å². The normalized spacial score (nSPS) is 22.1. The molecule has 24 heavy (non-hydrogen) atoms. The molecule has 1 aliphatic carbocycles. The van der Waals surface area contributed by atoms with E-state index in [-0.39, 0.29) is 18.2 Å². The van der Waals surface area contributed by atoms with E-state index in [1.54, 1.807) is 0 Å². The fourth-order valence-corrected chi connectivity index (χ4v) is 2.93. The van der Waals surface area contributed by atoms with Gasteiger partial charge >= 0.3 is 5.97 Å². The van der Waals surface area contributed by atoms with E-state index in [0.717, 1.165) is 31.5 Å². The molecule has 132 valence electrons. The number of ether oxygens (including phenoxy) is 1. The van der Waals surface area contributed by atoms with Crippen LogP contribution in [0.1, 0.15) is 56.2 Å². The van der Waals surface area contributed by atoms with E-state index < -0.39 is 12.0 Å². The molecule has 1 aromatic heterocycles. The predicted octanol–water partition coefficient (Wildman–Crippen LogP) is 1.27. The van der Waals surface area contributed by atoms with Gasteiger partial charge in [-0.3, -0.25) is 4.79 Å². The lowest BCUT2D eigenvalue weighted by molar-refractivity contribution is -0.145. The number of carboxylic acid groups (broad SMARTS) is 1. The number of rotatable bonds is 8. The van der Waals surface area contributed by atoms with Crippen LogP contribution in [0.4, 0.5) is 0 Å². The van der Waals surface area contributed by atoms with E-state index in [4.69, 9.17) is 9.26 Å². The number of carbonyl (C=O) groups is 2. The first-order chi connectivity index (χ1) is 11.6. The molecule has 0 spiro atoms. The predicted molar refractivity (Wildman–Crippen MR) is 82.3 cm³/mol. The summed E-state index contributed by atoms with van der Waals surface area (Å²) >= 11 is 0. The maximum absolute atomic E-state index is 12.0. The minimum absolute atomic E-state index is 0.169. The molecule has 1 aliphatic heterocycles. The third-order valence-electron chi connectivity index (χ3n) is 4.47. The highest BCUT2D eigenvalue weighted by Crippen LogP contribution is 2.38. The molecule has 8 nitrogen and oxygen atoms in total. The summed E-state index contributed by atoms with van der Waals surface area (Å²) < 4.78 is 10.5. The molecular formula is C16H23N3O5. The Labute approximate surface area is 139 Å². The van der Waals surface area contributed by atoms with Crippen LogP contribution in [-0.2, 0) is 20.7 Å². The molecule has 3 rings (SSSR count). The Morgan fingerprint density at radius 1 is 1.33 bits per heavy atom. The molecule has 1 saturated carbocycles. The fourth-order valence-electron chi connectivity index (χ4n) is 2.93. The number of nitrogens with zero attached hydrogens (tertiary/aromatic N) is 2. The highest BCUT2D eigenvalue weighted by molar-refractivity contribution is 5.83. The topological polar surface area (TPSA) is 115 Å². The molecule has 0 aromatic carbocycles. The molecule has 1 amide bonds. The fraction of sp³-hybridized carbons (Fsp3) is 0.750. The summed E-state index contributed by atoms with van der Waals surface area (Å²) in [5.41, 5.74) is 0. The summed E-state index contributed by atoms with van der Waals surface area (Å²) in [5.74, 6) is 0.301. The van der Waals surface area contributed by atoms with Crippen LogP contribution in [-0.4, -0.2) is 46.4 Å². The summed E-state index contributed by atoms with van der Waals surface area (Å²) in [7, 11) is 0. The Morgan fingerprint density at radius 2 is 2.17 bits per heavy atom. The maximum Gasteiger partial charge on any atom is 0.326 e. The van der Waals surface area contributed by atoms with E-state index in [9.17, 15) is 14.7 Å². The Balaban J connectivity index is 1.42. The number of nitrogens with one attached hydrogen (secondary N) is 1. The van der Waals surface area contributed by atoms with Crippen molar-refractivity contribution in [3.8, 4) is 0 Å². The van der Waals surface area contributed by atoms with Crippen molar-refractivity contribution < 1.29 is 24.0 Å². The Bertz CT molecular complexity index is 578. The summed E-state index contributed by atoms with van der Waals surface area (Å²) in [6, 6.07) is -0.886. The van der Waals surface area contributed by atoms with Gasteiger partial charge in [0.2, 0.25) is 11.8 Å². The average molecular weight is 337 g/mol. The van der Waals surface area contributed by atoms with Crippen molar-refractivity contribution in [3.05, 3.63) is 11.7 Å².